The zero-order valence-corrected chi connectivity index (χ0v) is 27.2. The minimum absolute atomic E-state index is 1.15. The highest BCUT2D eigenvalue weighted by molar-refractivity contribution is 6.30. The predicted octanol–water partition coefficient (Wildman–Crippen LogP) is 13.4. The van der Waals surface area contributed by atoms with Crippen LogP contribution >= 0.6 is 0 Å². The summed E-state index contributed by atoms with van der Waals surface area (Å²) in [5, 5.41) is 12.5. The van der Waals surface area contributed by atoms with Crippen LogP contribution in [0.3, 0.4) is 0 Å². The lowest BCUT2D eigenvalue weighted by molar-refractivity contribution is 1.52. The Morgan fingerprint density at radius 1 is 0.260 bits per heavy atom. The van der Waals surface area contributed by atoms with Crippen molar-refractivity contribution in [2.45, 2.75) is 0 Å². The van der Waals surface area contributed by atoms with Crippen LogP contribution in [-0.2, 0) is 0 Å². The van der Waals surface area contributed by atoms with Gasteiger partial charge in [-0.1, -0.05) is 140 Å². The SMILES string of the molecule is c1cc(-c2ccc3ccccc3c2)cc(-c2c3ccccc3c(-c3c4[nH]c5ccccc5c4cc4c3[nH]c3ccccc34)c3ccccc23)c1. The summed E-state index contributed by atoms with van der Waals surface area (Å²) in [7, 11) is 0. The number of aromatic nitrogens is 2. The van der Waals surface area contributed by atoms with Crippen LogP contribution in [0.5, 0.6) is 0 Å². The normalized spacial score (nSPS) is 12.0. The minimum atomic E-state index is 1.15. The van der Waals surface area contributed by atoms with E-state index >= 15 is 0 Å². The van der Waals surface area contributed by atoms with Crippen molar-refractivity contribution in [3.63, 3.8) is 0 Å². The topological polar surface area (TPSA) is 31.6 Å². The molecule has 11 rings (SSSR count). The van der Waals surface area contributed by atoms with E-state index in [1.54, 1.807) is 0 Å². The molecule has 0 aliphatic heterocycles. The molecule has 0 aliphatic carbocycles. The van der Waals surface area contributed by atoms with Crippen molar-refractivity contribution in [1.82, 2.24) is 9.97 Å². The van der Waals surface area contributed by atoms with E-state index < -0.39 is 0 Å². The molecule has 0 unspecified atom stereocenters. The molecule has 2 N–H and O–H groups in total. The lowest BCUT2D eigenvalue weighted by Crippen LogP contribution is -1.93. The van der Waals surface area contributed by atoms with Crippen LogP contribution in [0.1, 0.15) is 0 Å². The standard InChI is InChI=1S/C48H30N2/c1-2-13-30-26-32(25-24-29(30)12-1)31-14-11-15-33(27-31)44-36-18-3-5-20-38(36)45(39-21-6-4-19-37(39)44)46-47-40(34-16-7-9-22-42(34)49-47)28-41-35-17-8-10-23-43(35)50-48(41)46/h1-28,49-50H. The van der Waals surface area contributed by atoms with Crippen LogP contribution in [0, 0.1) is 0 Å². The number of rotatable bonds is 3. The van der Waals surface area contributed by atoms with Crippen LogP contribution in [0.4, 0.5) is 0 Å². The van der Waals surface area contributed by atoms with Crippen molar-refractivity contribution < 1.29 is 0 Å². The highest BCUT2D eigenvalue weighted by Gasteiger charge is 2.23. The van der Waals surface area contributed by atoms with Crippen LogP contribution in [0.25, 0.3) is 109 Å². The number of fused-ring (bicyclic) bond motifs is 9. The van der Waals surface area contributed by atoms with Gasteiger partial charge in [0.15, 0.2) is 0 Å². The van der Waals surface area contributed by atoms with Crippen LogP contribution < -0.4 is 0 Å². The lowest BCUT2D eigenvalue weighted by Gasteiger charge is -2.19. The maximum Gasteiger partial charge on any atom is 0.0566 e. The van der Waals surface area contributed by atoms with Crippen molar-refractivity contribution in [2.75, 3.05) is 0 Å². The summed E-state index contributed by atoms with van der Waals surface area (Å²) in [4.78, 5) is 7.75. The van der Waals surface area contributed by atoms with E-state index in [1.165, 1.54) is 87.2 Å². The second-order valence-electron chi connectivity index (χ2n) is 13.4. The number of benzene rings is 9. The van der Waals surface area contributed by atoms with Crippen LogP contribution in [-0.4, -0.2) is 9.97 Å². The Morgan fingerprint density at radius 2 is 0.740 bits per heavy atom. The van der Waals surface area contributed by atoms with Crippen molar-refractivity contribution in [1.29, 1.82) is 0 Å². The fourth-order valence-corrected chi connectivity index (χ4v) is 8.47. The van der Waals surface area contributed by atoms with E-state index in [2.05, 4.69) is 180 Å². The second kappa shape index (κ2) is 10.4. The maximum atomic E-state index is 3.88. The van der Waals surface area contributed by atoms with Gasteiger partial charge in [0, 0.05) is 43.7 Å². The molecule has 0 bridgehead atoms. The molecular formula is C48H30N2. The van der Waals surface area contributed by atoms with Gasteiger partial charge in [-0.2, -0.15) is 0 Å². The van der Waals surface area contributed by atoms with Crippen molar-refractivity contribution in [3.05, 3.63) is 170 Å². The molecule has 2 heterocycles. The summed E-state index contributed by atoms with van der Waals surface area (Å²) in [5.41, 5.74) is 12.0. The Balaban J connectivity index is 1.26. The summed E-state index contributed by atoms with van der Waals surface area (Å²) >= 11 is 0. The zero-order valence-electron chi connectivity index (χ0n) is 27.2. The average molecular weight is 635 g/mol. The predicted molar refractivity (Wildman–Crippen MR) is 214 cm³/mol. The van der Waals surface area contributed by atoms with E-state index in [0.717, 1.165) is 22.1 Å². The molecule has 11 aromatic rings. The first-order valence-electron chi connectivity index (χ1n) is 17.3. The Labute approximate surface area is 288 Å². The molecule has 232 valence electrons. The van der Waals surface area contributed by atoms with Gasteiger partial charge in [0.2, 0.25) is 0 Å². The van der Waals surface area contributed by atoms with Gasteiger partial charge in [-0.05, 0) is 84.9 Å². The van der Waals surface area contributed by atoms with Gasteiger partial charge < -0.3 is 9.97 Å². The number of H-pyrrole nitrogens is 2. The fourth-order valence-electron chi connectivity index (χ4n) is 8.47. The van der Waals surface area contributed by atoms with E-state index in [0.29, 0.717) is 0 Å². The van der Waals surface area contributed by atoms with Crippen LogP contribution in [0.2, 0.25) is 0 Å². The van der Waals surface area contributed by atoms with Gasteiger partial charge in [-0.25, -0.2) is 0 Å². The molecule has 0 fully saturated rings. The third kappa shape index (κ3) is 3.90. The Kier molecular flexibility index (Phi) is 5.70. The molecule has 0 aliphatic rings. The zero-order chi connectivity index (χ0) is 32.8. The molecule has 50 heavy (non-hydrogen) atoms. The number of aromatic amines is 2. The number of nitrogens with one attached hydrogen (secondary N) is 2. The summed E-state index contributed by atoms with van der Waals surface area (Å²) in [5.74, 6) is 0. The molecule has 0 saturated carbocycles. The molecular weight excluding hydrogens is 605 g/mol. The molecule has 0 spiro atoms. The summed E-state index contributed by atoms with van der Waals surface area (Å²) in [6.45, 7) is 0. The van der Waals surface area contributed by atoms with Gasteiger partial charge in [-0.15, -0.1) is 0 Å². The minimum Gasteiger partial charge on any atom is -0.354 e. The smallest absolute Gasteiger partial charge is 0.0566 e. The van der Waals surface area contributed by atoms with E-state index in [4.69, 9.17) is 0 Å². The van der Waals surface area contributed by atoms with Gasteiger partial charge in [0.1, 0.15) is 0 Å². The number of hydrogen-bond acceptors (Lipinski definition) is 0. The third-order valence-corrected chi connectivity index (χ3v) is 10.7. The highest BCUT2D eigenvalue weighted by Crippen LogP contribution is 2.49. The first-order valence-corrected chi connectivity index (χ1v) is 17.3. The Morgan fingerprint density at radius 3 is 1.36 bits per heavy atom. The largest absolute Gasteiger partial charge is 0.354 e. The van der Waals surface area contributed by atoms with Gasteiger partial charge in [-0.3, -0.25) is 0 Å². The Bertz CT molecular complexity index is 3010. The van der Waals surface area contributed by atoms with Gasteiger partial charge >= 0.3 is 0 Å². The fraction of sp³-hybridized carbons (Fsp3) is 0. The molecule has 2 aromatic heterocycles. The number of para-hydroxylation sites is 2. The molecule has 2 heteroatoms. The lowest BCUT2D eigenvalue weighted by atomic mass is 9.84. The summed E-state index contributed by atoms with van der Waals surface area (Å²) < 4.78 is 0. The summed E-state index contributed by atoms with van der Waals surface area (Å²) in [6.07, 6.45) is 0. The van der Waals surface area contributed by atoms with E-state index in [9.17, 15) is 0 Å². The molecule has 2 nitrogen and oxygen atoms in total. The molecule has 0 amide bonds. The van der Waals surface area contributed by atoms with Crippen molar-refractivity contribution >= 4 is 75.9 Å². The van der Waals surface area contributed by atoms with Gasteiger partial charge in [0.05, 0.1) is 11.0 Å². The van der Waals surface area contributed by atoms with Crippen LogP contribution in [0.15, 0.2) is 170 Å². The van der Waals surface area contributed by atoms with Gasteiger partial charge in [0.25, 0.3) is 0 Å². The van der Waals surface area contributed by atoms with E-state index in [-0.39, 0.29) is 0 Å². The van der Waals surface area contributed by atoms with E-state index in [1.807, 2.05) is 0 Å². The third-order valence-electron chi connectivity index (χ3n) is 10.7. The maximum absolute atomic E-state index is 3.88. The average Bonchev–Trinajstić information content (AvgIpc) is 3.74. The second-order valence-corrected chi connectivity index (χ2v) is 13.4. The van der Waals surface area contributed by atoms with Crippen molar-refractivity contribution in [2.24, 2.45) is 0 Å². The Hall–Kier alpha value is -6.64. The molecule has 0 atom stereocenters. The first-order chi connectivity index (χ1) is 24.8. The molecule has 0 radical (unpaired) electrons. The molecule has 0 saturated heterocycles. The highest BCUT2D eigenvalue weighted by atomic mass is 14.7. The molecule has 9 aromatic carbocycles. The summed E-state index contributed by atoms with van der Waals surface area (Å²) in [6, 6.07) is 62.1. The monoisotopic (exact) mass is 634 g/mol. The quantitative estimate of drug-likeness (QED) is 0.181. The number of hydrogen-bond donors (Lipinski definition) is 2. The first kappa shape index (κ1) is 27.3. The van der Waals surface area contributed by atoms with Crippen molar-refractivity contribution in [3.8, 4) is 33.4 Å².